The molecule has 0 saturated carbocycles. The molecule has 122 valence electrons. The van der Waals surface area contributed by atoms with E-state index in [-0.39, 0.29) is 23.8 Å². The third-order valence-corrected chi connectivity index (χ3v) is 4.88. The van der Waals surface area contributed by atoms with Crippen molar-refractivity contribution in [1.82, 2.24) is 0 Å². The number of carbonyl (C=O) groups is 2. The SMILES string of the molecule is CC(C)CS(=O)(=O)CCC(=O)N(CC(=O)O)c1ccccc1. The van der Waals surface area contributed by atoms with Crippen LogP contribution in [0, 0.1) is 5.92 Å². The van der Waals surface area contributed by atoms with E-state index in [1.807, 2.05) is 0 Å². The summed E-state index contributed by atoms with van der Waals surface area (Å²) in [6.07, 6.45) is -0.225. The molecule has 0 spiro atoms. The van der Waals surface area contributed by atoms with Crippen molar-refractivity contribution in [2.45, 2.75) is 20.3 Å². The van der Waals surface area contributed by atoms with E-state index >= 15 is 0 Å². The Bertz CT molecular complexity index is 610. The first-order valence-corrected chi connectivity index (χ1v) is 8.81. The number of carboxylic acid groups (broad SMARTS) is 1. The van der Waals surface area contributed by atoms with E-state index in [1.165, 1.54) is 0 Å². The van der Waals surface area contributed by atoms with Gasteiger partial charge in [0.1, 0.15) is 6.54 Å². The van der Waals surface area contributed by atoms with E-state index in [2.05, 4.69) is 0 Å². The van der Waals surface area contributed by atoms with Crippen molar-refractivity contribution in [3.8, 4) is 0 Å². The number of nitrogens with zero attached hydrogens (tertiary/aromatic N) is 1. The van der Waals surface area contributed by atoms with Gasteiger partial charge in [-0.15, -0.1) is 0 Å². The topological polar surface area (TPSA) is 91.8 Å². The molecule has 0 atom stereocenters. The molecule has 1 rings (SSSR count). The Kier molecular flexibility index (Phi) is 6.55. The van der Waals surface area contributed by atoms with Crippen molar-refractivity contribution in [1.29, 1.82) is 0 Å². The predicted molar refractivity (Wildman–Crippen MR) is 84.5 cm³/mol. The van der Waals surface area contributed by atoms with Crippen molar-refractivity contribution in [2.75, 3.05) is 23.0 Å². The Hall–Kier alpha value is -1.89. The van der Waals surface area contributed by atoms with Gasteiger partial charge in [0.25, 0.3) is 0 Å². The van der Waals surface area contributed by atoms with Crippen LogP contribution < -0.4 is 4.90 Å². The zero-order valence-electron chi connectivity index (χ0n) is 12.7. The van der Waals surface area contributed by atoms with Crippen LogP contribution in [0.15, 0.2) is 30.3 Å². The molecule has 6 nitrogen and oxygen atoms in total. The largest absolute Gasteiger partial charge is 0.480 e. The number of benzene rings is 1. The summed E-state index contributed by atoms with van der Waals surface area (Å²) in [6, 6.07) is 8.35. The van der Waals surface area contributed by atoms with Crippen molar-refractivity contribution < 1.29 is 23.1 Å². The molecule has 0 aliphatic rings. The molecule has 1 N–H and O–H groups in total. The van der Waals surface area contributed by atoms with Crippen molar-refractivity contribution in [2.24, 2.45) is 5.92 Å². The molecule has 0 fully saturated rings. The zero-order chi connectivity index (χ0) is 16.8. The lowest BCUT2D eigenvalue weighted by Gasteiger charge is -2.21. The highest BCUT2D eigenvalue weighted by molar-refractivity contribution is 7.91. The van der Waals surface area contributed by atoms with Crippen LogP contribution >= 0.6 is 0 Å². The molecule has 7 heteroatoms. The first kappa shape index (κ1) is 18.2. The zero-order valence-corrected chi connectivity index (χ0v) is 13.5. The second-order valence-electron chi connectivity index (χ2n) is 5.47. The summed E-state index contributed by atoms with van der Waals surface area (Å²) < 4.78 is 23.7. The molecule has 0 aromatic heterocycles. The Morgan fingerprint density at radius 3 is 2.27 bits per heavy atom. The normalized spacial score (nSPS) is 11.4. The fourth-order valence-electron chi connectivity index (χ4n) is 2.04. The van der Waals surface area contributed by atoms with Gasteiger partial charge in [-0.1, -0.05) is 32.0 Å². The average molecular weight is 327 g/mol. The highest BCUT2D eigenvalue weighted by Crippen LogP contribution is 2.15. The molecule has 0 aliphatic heterocycles. The Morgan fingerprint density at radius 1 is 1.18 bits per heavy atom. The lowest BCUT2D eigenvalue weighted by molar-refractivity contribution is -0.136. The van der Waals surface area contributed by atoms with E-state index in [9.17, 15) is 18.0 Å². The van der Waals surface area contributed by atoms with Crippen molar-refractivity contribution in [3.63, 3.8) is 0 Å². The molecule has 0 unspecified atom stereocenters. The number of hydrogen-bond acceptors (Lipinski definition) is 4. The van der Waals surface area contributed by atoms with Gasteiger partial charge >= 0.3 is 5.97 Å². The molecule has 0 heterocycles. The fourth-order valence-corrected chi connectivity index (χ4v) is 3.70. The summed E-state index contributed by atoms with van der Waals surface area (Å²) in [7, 11) is -3.32. The smallest absolute Gasteiger partial charge is 0.323 e. The van der Waals surface area contributed by atoms with Crippen LogP contribution in [-0.2, 0) is 19.4 Å². The molecule has 1 aromatic carbocycles. The quantitative estimate of drug-likeness (QED) is 0.782. The van der Waals surface area contributed by atoms with Crippen LogP contribution in [-0.4, -0.2) is 43.5 Å². The van der Waals surface area contributed by atoms with Gasteiger partial charge in [-0.25, -0.2) is 8.42 Å². The molecular formula is C15H21NO5S. The van der Waals surface area contributed by atoms with Crippen LogP contribution in [0.25, 0.3) is 0 Å². The minimum Gasteiger partial charge on any atom is -0.480 e. The number of sulfone groups is 1. The summed E-state index contributed by atoms with van der Waals surface area (Å²) in [5.74, 6) is -1.93. The first-order valence-electron chi connectivity index (χ1n) is 6.99. The van der Waals surface area contributed by atoms with Gasteiger partial charge in [0, 0.05) is 12.1 Å². The number of amides is 1. The fraction of sp³-hybridized carbons (Fsp3) is 0.467. The van der Waals surface area contributed by atoms with Crippen LogP contribution in [0.1, 0.15) is 20.3 Å². The van der Waals surface area contributed by atoms with E-state index in [4.69, 9.17) is 5.11 Å². The number of carbonyl (C=O) groups excluding carboxylic acids is 1. The summed E-state index contributed by atoms with van der Waals surface area (Å²) >= 11 is 0. The molecular weight excluding hydrogens is 306 g/mol. The van der Waals surface area contributed by atoms with E-state index in [0.29, 0.717) is 5.69 Å². The highest BCUT2D eigenvalue weighted by Gasteiger charge is 2.21. The Balaban J connectivity index is 2.79. The second kappa shape index (κ2) is 7.93. The minimum absolute atomic E-state index is 0.00986. The van der Waals surface area contributed by atoms with Gasteiger partial charge in [-0.2, -0.15) is 0 Å². The van der Waals surface area contributed by atoms with Crippen molar-refractivity contribution in [3.05, 3.63) is 30.3 Å². The number of hydrogen-bond donors (Lipinski definition) is 1. The van der Waals surface area contributed by atoms with Gasteiger partial charge in [0.2, 0.25) is 5.91 Å². The Morgan fingerprint density at radius 2 is 1.77 bits per heavy atom. The molecule has 1 aromatic rings. The molecule has 1 amide bonds. The van der Waals surface area contributed by atoms with Gasteiger partial charge in [-0.05, 0) is 18.1 Å². The summed E-state index contributed by atoms with van der Waals surface area (Å²) in [6.45, 7) is 3.09. The summed E-state index contributed by atoms with van der Waals surface area (Å²) in [5, 5.41) is 8.93. The lowest BCUT2D eigenvalue weighted by Crippen LogP contribution is -2.36. The van der Waals surface area contributed by atoms with Gasteiger partial charge in [-0.3, -0.25) is 9.59 Å². The maximum atomic E-state index is 12.2. The highest BCUT2D eigenvalue weighted by atomic mass is 32.2. The third kappa shape index (κ3) is 6.26. The molecule has 0 aliphatic carbocycles. The average Bonchev–Trinajstić information content (AvgIpc) is 2.42. The monoisotopic (exact) mass is 327 g/mol. The number of aliphatic carboxylic acids is 1. The predicted octanol–water partition coefficient (Wildman–Crippen LogP) is 1.57. The van der Waals surface area contributed by atoms with Crippen LogP contribution in [0.3, 0.4) is 0 Å². The first-order chi connectivity index (χ1) is 10.2. The maximum Gasteiger partial charge on any atom is 0.323 e. The molecule has 0 radical (unpaired) electrons. The van der Waals surface area contributed by atoms with Gasteiger partial charge in [0.05, 0.1) is 11.5 Å². The van der Waals surface area contributed by atoms with E-state index < -0.39 is 28.3 Å². The van der Waals surface area contributed by atoms with Crippen LogP contribution in [0.4, 0.5) is 5.69 Å². The third-order valence-electron chi connectivity index (χ3n) is 2.88. The van der Waals surface area contributed by atoms with E-state index in [1.54, 1.807) is 44.2 Å². The summed E-state index contributed by atoms with van der Waals surface area (Å²) in [4.78, 5) is 24.2. The van der Waals surface area contributed by atoms with E-state index in [0.717, 1.165) is 4.90 Å². The second-order valence-corrected chi connectivity index (χ2v) is 7.70. The standard InChI is InChI=1S/C15H21NO5S/c1-12(2)11-22(20,21)9-8-14(17)16(10-15(18)19)13-6-4-3-5-7-13/h3-7,12H,8-11H2,1-2H3,(H,18,19). The molecule has 0 saturated heterocycles. The number of para-hydroxylation sites is 1. The maximum absolute atomic E-state index is 12.2. The number of rotatable bonds is 8. The minimum atomic E-state index is -3.32. The van der Waals surface area contributed by atoms with Gasteiger partial charge in [0.15, 0.2) is 9.84 Å². The van der Waals surface area contributed by atoms with Crippen molar-refractivity contribution >= 4 is 27.4 Å². The lowest BCUT2D eigenvalue weighted by atomic mass is 10.2. The molecule has 0 bridgehead atoms. The Labute approximate surface area is 130 Å². The van der Waals surface area contributed by atoms with Crippen LogP contribution in [0.5, 0.6) is 0 Å². The summed E-state index contributed by atoms with van der Waals surface area (Å²) in [5.41, 5.74) is 0.441. The molecule has 22 heavy (non-hydrogen) atoms. The number of carboxylic acids is 1. The number of anilines is 1. The van der Waals surface area contributed by atoms with Crippen LogP contribution in [0.2, 0.25) is 0 Å². The van der Waals surface area contributed by atoms with Gasteiger partial charge < -0.3 is 10.0 Å².